The lowest BCUT2D eigenvalue weighted by Gasteiger charge is -2.25. The van der Waals surface area contributed by atoms with Gasteiger partial charge in [0, 0.05) is 16.2 Å². The van der Waals surface area contributed by atoms with Crippen molar-refractivity contribution in [2.24, 2.45) is 0 Å². The van der Waals surface area contributed by atoms with Gasteiger partial charge in [-0.05, 0) is 35.3 Å². The maximum atomic E-state index is 11.6. The first kappa shape index (κ1) is 12.4. The normalized spacial score (nSPS) is 29.6. The molecule has 3 heterocycles. The molecule has 2 atom stereocenters. The summed E-state index contributed by atoms with van der Waals surface area (Å²) in [7, 11) is -2.88. The van der Waals surface area contributed by atoms with Crippen LogP contribution < -0.4 is 10.4 Å². The van der Waals surface area contributed by atoms with E-state index in [4.69, 9.17) is 0 Å². The van der Waals surface area contributed by atoms with Crippen LogP contribution in [0, 0.1) is 0 Å². The van der Waals surface area contributed by atoms with Crippen molar-refractivity contribution in [3.05, 3.63) is 22.3 Å². The van der Waals surface area contributed by atoms with E-state index in [1.54, 1.807) is 6.20 Å². The Balaban J connectivity index is 1.94. The van der Waals surface area contributed by atoms with Crippen LogP contribution in [-0.2, 0) is 9.84 Å². The standard InChI is InChI=1S/C11H14BrN3O2S/c1-7-10-4-8(12)5-13-11(10)15(14-7)9-2-3-18(16,17)6-9/h4-5,7,9,14H,2-3,6H2,1H3. The zero-order valence-corrected chi connectivity index (χ0v) is 12.3. The van der Waals surface area contributed by atoms with E-state index in [1.165, 1.54) is 0 Å². The molecule has 2 aliphatic heterocycles. The molecule has 98 valence electrons. The van der Waals surface area contributed by atoms with E-state index < -0.39 is 9.84 Å². The summed E-state index contributed by atoms with van der Waals surface area (Å²) < 4.78 is 24.1. The predicted octanol–water partition coefficient (Wildman–Crippen LogP) is 1.42. The average Bonchev–Trinajstić information content (AvgIpc) is 2.80. The van der Waals surface area contributed by atoms with Gasteiger partial charge in [0.25, 0.3) is 0 Å². The number of halogens is 1. The van der Waals surface area contributed by atoms with E-state index in [2.05, 4.69) is 33.3 Å². The van der Waals surface area contributed by atoms with E-state index >= 15 is 0 Å². The molecule has 1 aromatic heterocycles. The van der Waals surface area contributed by atoms with Gasteiger partial charge in [-0.2, -0.15) is 0 Å². The van der Waals surface area contributed by atoms with Crippen LogP contribution in [0.15, 0.2) is 16.7 Å². The molecule has 7 heteroatoms. The first-order valence-electron chi connectivity index (χ1n) is 5.87. The lowest BCUT2D eigenvalue weighted by Crippen LogP contribution is -2.43. The second kappa shape index (κ2) is 4.18. The zero-order chi connectivity index (χ0) is 12.9. The summed E-state index contributed by atoms with van der Waals surface area (Å²) in [5, 5.41) is 1.93. The minimum Gasteiger partial charge on any atom is -0.287 e. The third-order valence-electron chi connectivity index (χ3n) is 3.46. The van der Waals surface area contributed by atoms with Crippen LogP contribution >= 0.6 is 15.9 Å². The van der Waals surface area contributed by atoms with Crippen molar-refractivity contribution < 1.29 is 8.42 Å². The smallest absolute Gasteiger partial charge is 0.152 e. The Morgan fingerprint density at radius 2 is 2.33 bits per heavy atom. The Morgan fingerprint density at radius 1 is 1.56 bits per heavy atom. The Morgan fingerprint density at radius 3 is 3.00 bits per heavy atom. The molecule has 0 saturated carbocycles. The Labute approximate surface area is 115 Å². The molecule has 18 heavy (non-hydrogen) atoms. The third kappa shape index (κ3) is 2.04. The highest BCUT2D eigenvalue weighted by atomic mass is 79.9. The molecule has 0 aromatic carbocycles. The SMILES string of the molecule is CC1NN(C2CCS(=O)(=O)C2)c2ncc(Br)cc21. The summed E-state index contributed by atoms with van der Waals surface area (Å²) in [4.78, 5) is 4.40. The van der Waals surface area contributed by atoms with Crippen LogP contribution in [0.1, 0.15) is 24.9 Å². The molecule has 0 radical (unpaired) electrons. The van der Waals surface area contributed by atoms with Gasteiger partial charge in [-0.25, -0.2) is 18.8 Å². The minimum absolute atomic E-state index is 0.00706. The Bertz CT molecular complexity index is 590. The van der Waals surface area contributed by atoms with Gasteiger partial charge in [-0.15, -0.1) is 0 Å². The van der Waals surface area contributed by atoms with Crippen molar-refractivity contribution in [2.45, 2.75) is 25.4 Å². The number of hydrogen-bond donors (Lipinski definition) is 1. The van der Waals surface area contributed by atoms with Crippen molar-refractivity contribution >= 4 is 31.6 Å². The topological polar surface area (TPSA) is 62.3 Å². The number of fused-ring (bicyclic) bond motifs is 1. The minimum atomic E-state index is -2.88. The highest BCUT2D eigenvalue weighted by Gasteiger charge is 2.38. The van der Waals surface area contributed by atoms with Gasteiger partial charge in [-0.3, -0.25) is 5.01 Å². The summed E-state index contributed by atoms with van der Waals surface area (Å²) in [5.74, 6) is 1.34. The molecule has 1 fully saturated rings. The van der Waals surface area contributed by atoms with Crippen molar-refractivity contribution in [2.75, 3.05) is 16.5 Å². The quantitative estimate of drug-likeness (QED) is 0.843. The number of nitrogens with one attached hydrogen (secondary N) is 1. The number of rotatable bonds is 1. The molecular weight excluding hydrogens is 318 g/mol. The number of pyridine rings is 1. The molecule has 2 aliphatic rings. The number of hydrazine groups is 1. The third-order valence-corrected chi connectivity index (χ3v) is 5.65. The number of aromatic nitrogens is 1. The monoisotopic (exact) mass is 331 g/mol. The number of sulfone groups is 1. The van der Waals surface area contributed by atoms with Crippen LogP contribution in [0.3, 0.4) is 0 Å². The van der Waals surface area contributed by atoms with Crippen LogP contribution in [0.4, 0.5) is 5.82 Å². The first-order valence-corrected chi connectivity index (χ1v) is 8.49. The van der Waals surface area contributed by atoms with Gasteiger partial charge in [0.15, 0.2) is 9.84 Å². The lowest BCUT2D eigenvalue weighted by molar-refractivity contribution is 0.518. The van der Waals surface area contributed by atoms with Gasteiger partial charge in [-0.1, -0.05) is 0 Å². The zero-order valence-electron chi connectivity index (χ0n) is 9.93. The molecule has 5 nitrogen and oxygen atoms in total. The first-order chi connectivity index (χ1) is 8.46. The summed E-state index contributed by atoms with van der Waals surface area (Å²) in [6, 6.07) is 2.18. The van der Waals surface area contributed by atoms with Gasteiger partial charge >= 0.3 is 0 Å². The van der Waals surface area contributed by atoms with E-state index in [0.717, 1.165) is 15.9 Å². The molecule has 1 aromatic rings. The van der Waals surface area contributed by atoms with Gasteiger partial charge in [0.2, 0.25) is 0 Å². The lowest BCUT2D eigenvalue weighted by atomic mass is 10.1. The summed E-state index contributed by atoms with van der Waals surface area (Å²) >= 11 is 3.41. The second-order valence-corrected chi connectivity index (χ2v) is 7.99. The Hall–Kier alpha value is -0.660. The Kier molecular flexibility index (Phi) is 2.87. The van der Waals surface area contributed by atoms with Crippen molar-refractivity contribution in [1.82, 2.24) is 10.4 Å². The predicted molar refractivity (Wildman–Crippen MR) is 73.0 cm³/mol. The molecular formula is C11H14BrN3O2S. The largest absolute Gasteiger partial charge is 0.287 e. The van der Waals surface area contributed by atoms with E-state index in [-0.39, 0.29) is 23.6 Å². The van der Waals surface area contributed by atoms with Crippen LogP contribution in [0.25, 0.3) is 0 Å². The molecule has 0 spiro atoms. The molecule has 0 amide bonds. The van der Waals surface area contributed by atoms with E-state index in [9.17, 15) is 8.42 Å². The molecule has 2 unspecified atom stereocenters. The fraction of sp³-hybridized carbons (Fsp3) is 0.545. The molecule has 1 N–H and O–H groups in total. The van der Waals surface area contributed by atoms with Crippen molar-refractivity contribution in [3.8, 4) is 0 Å². The van der Waals surface area contributed by atoms with Crippen molar-refractivity contribution in [3.63, 3.8) is 0 Å². The van der Waals surface area contributed by atoms with Gasteiger partial charge in [0.05, 0.1) is 23.6 Å². The number of hydrogen-bond acceptors (Lipinski definition) is 5. The van der Waals surface area contributed by atoms with Crippen LogP contribution in [0.5, 0.6) is 0 Å². The summed E-state index contributed by atoms with van der Waals surface area (Å²) in [6.07, 6.45) is 2.41. The highest BCUT2D eigenvalue weighted by Crippen LogP contribution is 2.35. The molecule has 0 aliphatic carbocycles. The maximum Gasteiger partial charge on any atom is 0.152 e. The highest BCUT2D eigenvalue weighted by molar-refractivity contribution is 9.10. The van der Waals surface area contributed by atoms with Gasteiger partial charge in [0.1, 0.15) is 5.82 Å². The van der Waals surface area contributed by atoms with E-state index in [0.29, 0.717) is 6.42 Å². The van der Waals surface area contributed by atoms with Gasteiger partial charge < -0.3 is 0 Å². The number of nitrogens with zero attached hydrogens (tertiary/aromatic N) is 2. The van der Waals surface area contributed by atoms with Crippen LogP contribution in [-0.4, -0.2) is 30.9 Å². The fourth-order valence-corrected chi connectivity index (χ4v) is 4.61. The molecule has 1 saturated heterocycles. The van der Waals surface area contributed by atoms with E-state index in [1.807, 2.05) is 11.1 Å². The second-order valence-electron chi connectivity index (χ2n) is 4.84. The van der Waals surface area contributed by atoms with Crippen molar-refractivity contribution in [1.29, 1.82) is 0 Å². The maximum absolute atomic E-state index is 11.6. The number of anilines is 1. The summed E-state index contributed by atoms with van der Waals surface area (Å²) in [5.41, 5.74) is 4.42. The summed E-state index contributed by atoms with van der Waals surface area (Å²) in [6.45, 7) is 2.05. The van der Waals surface area contributed by atoms with Crippen LogP contribution in [0.2, 0.25) is 0 Å². The molecule has 3 rings (SSSR count). The fourth-order valence-electron chi connectivity index (χ4n) is 2.56. The molecule has 0 bridgehead atoms. The average molecular weight is 332 g/mol.